The summed E-state index contributed by atoms with van der Waals surface area (Å²) in [4.78, 5) is 0. The van der Waals surface area contributed by atoms with Crippen LogP contribution in [0.3, 0.4) is 0 Å². The van der Waals surface area contributed by atoms with Crippen LogP contribution in [-0.2, 0) is 0 Å². The number of hydrogen-bond acceptors (Lipinski definition) is 1. The van der Waals surface area contributed by atoms with E-state index in [9.17, 15) is 4.39 Å². The van der Waals surface area contributed by atoms with E-state index in [1.54, 1.807) is 12.1 Å². The van der Waals surface area contributed by atoms with E-state index in [0.29, 0.717) is 10.6 Å². The smallest absolute Gasteiger partial charge is 0.129 e. The van der Waals surface area contributed by atoms with Gasteiger partial charge in [-0.1, -0.05) is 36.2 Å². The standard InChI is InChI=1S/C16H21ClFN/c1-2-10-19-16(12-6-4-3-5-7-12)14-9-8-13(17)11-15(14)18/h6,8-9,11,16,19H,2-5,7,10H2,1H3. The van der Waals surface area contributed by atoms with Crippen molar-refractivity contribution < 1.29 is 4.39 Å². The summed E-state index contributed by atoms with van der Waals surface area (Å²) < 4.78 is 14.1. The average molecular weight is 282 g/mol. The predicted octanol–water partition coefficient (Wildman–Crippen LogP) is 5.02. The lowest BCUT2D eigenvalue weighted by molar-refractivity contribution is 0.516. The third-order valence-electron chi connectivity index (χ3n) is 3.57. The minimum absolute atomic E-state index is 0.00230. The Labute approximate surface area is 119 Å². The number of halogens is 2. The Morgan fingerprint density at radius 2 is 2.21 bits per heavy atom. The molecule has 0 fully saturated rings. The Morgan fingerprint density at radius 3 is 2.84 bits per heavy atom. The number of rotatable bonds is 5. The third kappa shape index (κ3) is 3.80. The van der Waals surface area contributed by atoms with E-state index < -0.39 is 0 Å². The van der Waals surface area contributed by atoms with Gasteiger partial charge in [0.05, 0.1) is 6.04 Å². The van der Waals surface area contributed by atoms with Crippen molar-refractivity contribution in [3.05, 3.63) is 46.3 Å². The Kier molecular flexibility index (Phi) is 5.41. The second-order valence-corrected chi connectivity index (χ2v) is 5.51. The number of benzene rings is 1. The van der Waals surface area contributed by atoms with Crippen molar-refractivity contribution in [3.8, 4) is 0 Å². The topological polar surface area (TPSA) is 12.0 Å². The predicted molar refractivity (Wildman–Crippen MR) is 79.0 cm³/mol. The zero-order valence-electron chi connectivity index (χ0n) is 11.4. The molecule has 1 aromatic rings. The lowest BCUT2D eigenvalue weighted by Crippen LogP contribution is -2.25. The van der Waals surface area contributed by atoms with E-state index in [4.69, 9.17) is 11.6 Å². The van der Waals surface area contributed by atoms with Gasteiger partial charge in [-0.3, -0.25) is 0 Å². The summed E-state index contributed by atoms with van der Waals surface area (Å²) in [6.45, 7) is 3.02. The van der Waals surface area contributed by atoms with Crippen LogP contribution in [0.15, 0.2) is 29.8 Å². The summed E-state index contributed by atoms with van der Waals surface area (Å²) in [6.07, 6.45) is 7.92. The molecule has 104 valence electrons. The summed E-state index contributed by atoms with van der Waals surface area (Å²) >= 11 is 5.84. The van der Waals surface area contributed by atoms with Crippen LogP contribution in [0, 0.1) is 5.82 Å². The maximum absolute atomic E-state index is 14.1. The molecular formula is C16H21ClFN. The molecule has 0 saturated carbocycles. The van der Waals surface area contributed by atoms with Gasteiger partial charge >= 0.3 is 0 Å². The van der Waals surface area contributed by atoms with Crippen LogP contribution in [0.1, 0.15) is 50.6 Å². The van der Waals surface area contributed by atoms with Crippen LogP contribution in [0.2, 0.25) is 5.02 Å². The zero-order chi connectivity index (χ0) is 13.7. The van der Waals surface area contributed by atoms with Gasteiger partial charge in [0.2, 0.25) is 0 Å². The van der Waals surface area contributed by atoms with Crippen LogP contribution in [0.5, 0.6) is 0 Å². The van der Waals surface area contributed by atoms with Crippen molar-refractivity contribution in [2.45, 2.75) is 45.1 Å². The van der Waals surface area contributed by atoms with Gasteiger partial charge in [-0.25, -0.2) is 4.39 Å². The molecule has 0 spiro atoms. The highest BCUT2D eigenvalue weighted by atomic mass is 35.5. The van der Waals surface area contributed by atoms with E-state index in [2.05, 4.69) is 18.3 Å². The monoisotopic (exact) mass is 281 g/mol. The highest BCUT2D eigenvalue weighted by molar-refractivity contribution is 6.30. The summed E-state index contributed by atoms with van der Waals surface area (Å²) in [7, 11) is 0. The highest BCUT2D eigenvalue weighted by Gasteiger charge is 2.20. The molecule has 1 N–H and O–H groups in total. The Bertz CT molecular complexity index is 456. The van der Waals surface area contributed by atoms with Gasteiger partial charge < -0.3 is 5.32 Å². The molecular weight excluding hydrogens is 261 g/mol. The largest absolute Gasteiger partial charge is 0.306 e. The van der Waals surface area contributed by atoms with E-state index in [1.165, 1.54) is 24.5 Å². The zero-order valence-corrected chi connectivity index (χ0v) is 12.1. The van der Waals surface area contributed by atoms with Gasteiger partial charge in [-0.05, 0) is 50.8 Å². The van der Waals surface area contributed by atoms with Gasteiger partial charge in [0.1, 0.15) is 5.82 Å². The summed E-state index contributed by atoms with van der Waals surface area (Å²) in [5, 5.41) is 3.92. The fraction of sp³-hybridized carbons (Fsp3) is 0.500. The maximum atomic E-state index is 14.1. The highest BCUT2D eigenvalue weighted by Crippen LogP contribution is 2.32. The maximum Gasteiger partial charge on any atom is 0.129 e. The van der Waals surface area contributed by atoms with Crippen molar-refractivity contribution in [1.82, 2.24) is 5.32 Å². The van der Waals surface area contributed by atoms with Crippen molar-refractivity contribution in [1.29, 1.82) is 0 Å². The first-order chi connectivity index (χ1) is 9.22. The van der Waals surface area contributed by atoms with E-state index >= 15 is 0 Å². The second kappa shape index (κ2) is 7.06. The minimum Gasteiger partial charge on any atom is -0.306 e. The van der Waals surface area contributed by atoms with Gasteiger partial charge in [-0.15, -0.1) is 0 Å². The van der Waals surface area contributed by atoms with E-state index in [0.717, 1.165) is 25.8 Å². The molecule has 19 heavy (non-hydrogen) atoms. The molecule has 0 amide bonds. The Balaban J connectivity index is 2.27. The van der Waals surface area contributed by atoms with Crippen LogP contribution in [-0.4, -0.2) is 6.54 Å². The Morgan fingerprint density at radius 1 is 1.37 bits per heavy atom. The summed E-state index contributed by atoms with van der Waals surface area (Å²) in [6, 6.07) is 4.98. The fourth-order valence-corrected chi connectivity index (χ4v) is 2.75. The lowest BCUT2D eigenvalue weighted by atomic mass is 9.89. The summed E-state index contributed by atoms with van der Waals surface area (Å²) in [5.74, 6) is -0.215. The third-order valence-corrected chi connectivity index (χ3v) is 3.80. The van der Waals surface area contributed by atoms with Crippen molar-refractivity contribution in [2.24, 2.45) is 0 Å². The first-order valence-electron chi connectivity index (χ1n) is 7.09. The van der Waals surface area contributed by atoms with Gasteiger partial charge in [0, 0.05) is 10.6 Å². The molecule has 1 nitrogen and oxygen atoms in total. The number of allylic oxidation sites excluding steroid dienone is 1. The lowest BCUT2D eigenvalue weighted by Gasteiger charge is -2.25. The van der Waals surface area contributed by atoms with E-state index in [1.807, 2.05) is 0 Å². The van der Waals surface area contributed by atoms with Crippen molar-refractivity contribution in [2.75, 3.05) is 6.54 Å². The molecule has 1 unspecified atom stereocenters. The molecule has 0 radical (unpaired) electrons. The SMILES string of the molecule is CCCNC(C1=CCCCC1)c1ccc(Cl)cc1F. The van der Waals surface area contributed by atoms with Gasteiger partial charge in [-0.2, -0.15) is 0 Å². The Hall–Kier alpha value is -0.860. The van der Waals surface area contributed by atoms with Gasteiger partial charge in [0.15, 0.2) is 0 Å². The second-order valence-electron chi connectivity index (χ2n) is 5.08. The minimum atomic E-state index is -0.215. The van der Waals surface area contributed by atoms with Crippen LogP contribution in [0.4, 0.5) is 4.39 Å². The van der Waals surface area contributed by atoms with Crippen LogP contribution in [0.25, 0.3) is 0 Å². The molecule has 0 aliphatic heterocycles. The van der Waals surface area contributed by atoms with Crippen molar-refractivity contribution in [3.63, 3.8) is 0 Å². The fourth-order valence-electron chi connectivity index (χ4n) is 2.59. The van der Waals surface area contributed by atoms with Crippen LogP contribution >= 0.6 is 11.6 Å². The molecule has 0 aromatic heterocycles. The first kappa shape index (κ1) is 14.5. The van der Waals surface area contributed by atoms with Gasteiger partial charge in [0.25, 0.3) is 0 Å². The molecule has 1 aliphatic rings. The molecule has 3 heteroatoms. The quantitative estimate of drug-likeness (QED) is 0.747. The van der Waals surface area contributed by atoms with E-state index in [-0.39, 0.29) is 11.9 Å². The number of nitrogens with one attached hydrogen (secondary N) is 1. The molecule has 0 heterocycles. The molecule has 0 bridgehead atoms. The molecule has 1 atom stereocenters. The van der Waals surface area contributed by atoms with Crippen LogP contribution < -0.4 is 5.32 Å². The first-order valence-corrected chi connectivity index (χ1v) is 7.47. The molecule has 1 aliphatic carbocycles. The van der Waals surface area contributed by atoms with Crippen molar-refractivity contribution >= 4 is 11.6 Å². The number of hydrogen-bond donors (Lipinski definition) is 1. The molecule has 1 aromatic carbocycles. The average Bonchev–Trinajstić information content (AvgIpc) is 2.42. The summed E-state index contributed by atoms with van der Waals surface area (Å²) in [5.41, 5.74) is 2.03. The normalized spacial score (nSPS) is 17.1. The molecule has 0 saturated heterocycles. The molecule has 2 rings (SSSR count).